The average molecular weight is 375 g/mol. The Morgan fingerprint density at radius 1 is 1.38 bits per heavy atom. The highest BCUT2D eigenvalue weighted by Gasteiger charge is 2.31. The zero-order valence-corrected chi connectivity index (χ0v) is 15.9. The largest absolute Gasteiger partial charge is 0.391 e. The van der Waals surface area contributed by atoms with Gasteiger partial charge < -0.3 is 15.4 Å². The standard InChI is InChI=1S/C20H23ClN2O3/c1-4-14-17(11(3)24)10(2)22-19(14)20(26)23-18-15-9-13(21)7-5-12(15)6-8-16(18)25/h5,7,9,16,18,22,25H,4,6,8H2,1-3H3,(H,23,26)/t16-,18-/m1/s1. The molecule has 0 fully saturated rings. The van der Waals surface area contributed by atoms with Gasteiger partial charge >= 0.3 is 0 Å². The minimum atomic E-state index is -0.682. The van der Waals surface area contributed by atoms with Crippen molar-refractivity contribution in [3.8, 4) is 0 Å². The molecule has 0 spiro atoms. The quantitative estimate of drug-likeness (QED) is 0.716. The molecule has 2 atom stereocenters. The Bertz CT molecular complexity index is 872. The summed E-state index contributed by atoms with van der Waals surface area (Å²) in [5.41, 5.74) is 4.28. The Morgan fingerprint density at radius 2 is 2.12 bits per heavy atom. The van der Waals surface area contributed by atoms with E-state index in [2.05, 4.69) is 10.3 Å². The number of fused-ring (bicyclic) bond motifs is 1. The number of aliphatic hydroxyl groups is 1. The number of hydrogen-bond acceptors (Lipinski definition) is 3. The van der Waals surface area contributed by atoms with E-state index in [-0.39, 0.29) is 11.7 Å². The molecule has 0 bridgehead atoms. The molecule has 1 heterocycles. The molecule has 0 saturated heterocycles. The number of carbonyl (C=O) groups excluding carboxylic acids is 2. The number of aromatic nitrogens is 1. The SMILES string of the molecule is CCc1c(C(=O)N[C@@H]2c3cc(Cl)ccc3CC[C@H]2O)[nH]c(C)c1C(C)=O. The summed E-state index contributed by atoms with van der Waals surface area (Å²) in [5.74, 6) is -0.390. The van der Waals surface area contributed by atoms with Crippen molar-refractivity contribution in [2.45, 2.75) is 52.2 Å². The Kier molecular flexibility index (Phi) is 5.21. The second-order valence-electron chi connectivity index (χ2n) is 6.79. The van der Waals surface area contributed by atoms with E-state index in [4.69, 9.17) is 11.6 Å². The molecule has 1 aromatic carbocycles. The second-order valence-corrected chi connectivity index (χ2v) is 7.23. The molecule has 2 aromatic rings. The monoisotopic (exact) mass is 374 g/mol. The van der Waals surface area contributed by atoms with Crippen LogP contribution in [-0.2, 0) is 12.8 Å². The van der Waals surface area contributed by atoms with E-state index in [1.54, 1.807) is 13.0 Å². The lowest BCUT2D eigenvalue weighted by atomic mass is 9.85. The van der Waals surface area contributed by atoms with Crippen molar-refractivity contribution in [2.75, 3.05) is 0 Å². The first-order valence-corrected chi connectivity index (χ1v) is 9.20. The highest BCUT2D eigenvalue weighted by molar-refractivity contribution is 6.30. The highest BCUT2D eigenvalue weighted by atomic mass is 35.5. The van der Waals surface area contributed by atoms with Gasteiger partial charge in [0.2, 0.25) is 0 Å². The number of halogens is 1. The predicted molar refractivity (Wildman–Crippen MR) is 101 cm³/mol. The van der Waals surface area contributed by atoms with E-state index < -0.39 is 12.1 Å². The molecule has 1 aromatic heterocycles. The summed E-state index contributed by atoms with van der Waals surface area (Å²) in [7, 11) is 0. The minimum absolute atomic E-state index is 0.0653. The van der Waals surface area contributed by atoms with Crippen molar-refractivity contribution in [3.63, 3.8) is 0 Å². The van der Waals surface area contributed by atoms with Crippen LogP contribution in [0.3, 0.4) is 0 Å². The number of aryl methyl sites for hydroxylation is 2. The number of amides is 1. The van der Waals surface area contributed by atoms with Gasteiger partial charge in [-0.3, -0.25) is 9.59 Å². The molecule has 6 heteroatoms. The molecular formula is C20H23ClN2O3. The van der Waals surface area contributed by atoms with Crippen molar-refractivity contribution >= 4 is 23.3 Å². The number of benzene rings is 1. The summed E-state index contributed by atoms with van der Waals surface area (Å²) >= 11 is 6.11. The Labute approximate surface area is 157 Å². The fourth-order valence-electron chi connectivity index (χ4n) is 3.85. The lowest BCUT2D eigenvalue weighted by Gasteiger charge is -2.31. The van der Waals surface area contributed by atoms with Crippen LogP contribution in [0.15, 0.2) is 18.2 Å². The molecule has 1 aliphatic carbocycles. The van der Waals surface area contributed by atoms with E-state index in [9.17, 15) is 14.7 Å². The first-order valence-electron chi connectivity index (χ1n) is 8.83. The fourth-order valence-corrected chi connectivity index (χ4v) is 4.03. The van der Waals surface area contributed by atoms with Crippen LogP contribution in [-0.4, -0.2) is 27.9 Å². The molecule has 1 amide bonds. The lowest BCUT2D eigenvalue weighted by Crippen LogP contribution is -2.39. The summed E-state index contributed by atoms with van der Waals surface area (Å²) in [6, 6.07) is 5.03. The molecule has 3 N–H and O–H groups in total. The van der Waals surface area contributed by atoms with E-state index in [0.717, 1.165) is 17.5 Å². The number of aromatic amines is 1. The molecular weight excluding hydrogens is 352 g/mol. The van der Waals surface area contributed by atoms with Gasteiger partial charge in [-0.05, 0) is 61.9 Å². The maximum Gasteiger partial charge on any atom is 0.268 e. The normalized spacial score (nSPS) is 19.1. The van der Waals surface area contributed by atoms with Crippen LogP contribution >= 0.6 is 11.6 Å². The van der Waals surface area contributed by atoms with Gasteiger partial charge in [-0.15, -0.1) is 0 Å². The second kappa shape index (κ2) is 7.25. The summed E-state index contributed by atoms with van der Waals surface area (Å²) in [5, 5.41) is 14.0. The first kappa shape index (κ1) is 18.7. The molecule has 26 heavy (non-hydrogen) atoms. The summed E-state index contributed by atoms with van der Waals surface area (Å²) in [6.07, 6.45) is 1.20. The van der Waals surface area contributed by atoms with Crippen molar-refractivity contribution in [1.82, 2.24) is 10.3 Å². The van der Waals surface area contributed by atoms with Crippen LogP contribution in [0.1, 0.15) is 69.5 Å². The number of aliphatic hydroxyl groups excluding tert-OH is 1. The fraction of sp³-hybridized carbons (Fsp3) is 0.400. The van der Waals surface area contributed by atoms with Gasteiger partial charge in [0.1, 0.15) is 5.69 Å². The molecule has 138 valence electrons. The number of H-pyrrole nitrogens is 1. The van der Waals surface area contributed by atoms with E-state index in [0.29, 0.717) is 40.4 Å². The molecule has 0 unspecified atom stereocenters. The van der Waals surface area contributed by atoms with E-state index >= 15 is 0 Å². The third kappa shape index (κ3) is 3.29. The Balaban J connectivity index is 1.95. The zero-order chi connectivity index (χ0) is 19.0. The van der Waals surface area contributed by atoms with Crippen LogP contribution in [0.25, 0.3) is 0 Å². The number of nitrogens with one attached hydrogen (secondary N) is 2. The van der Waals surface area contributed by atoms with Crippen LogP contribution in [0.5, 0.6) is 0 Å². The molecule has 0 aliphatic heterocycles. The number of carbonyl (C=O) groups is 2. The third-order valence-electron chi connectivity index (χ3n) is 5.05. The van der Waals surface area contributed by atoms with Gasteiger partial charge in [0.25, 0.3) is 5.91 Å². The molecule has 5 nitrogen and oxygen atoms in total. The highest BCUT2D eigenvalue weighted by Crippen LogP contribution is 2.32. The maximum atomic E-state index is 12.9. The topological polar surface area (TPSA) is 82.2 Å². The van der Waals surface area contributed by atoms with Gasteiger partial charge in [-0.1, -0.05) is 24.6 Å². The zero-order valence-electron chi connectivity index (χ0n) is 15.1. The van der Waals surface area contributed by atoms with Crippen molar-refractivity contribution < 1.29 is 14.7 Å². The Hall–Kier alpha value is -2.11. The van der Waals surface area contributed by atoms with Gasteiger partial charge in [-0.25, -0.2) is 0 Å². The van der Waals surface area contributed by atoms with Crippen molar-refractivity contribution in [2.24, 2.45) is 0 Å². The lowest BCUT2D eigenvalue weighted by molar-refractivity contribution is 0.0787. The number of ketones is 1. The van der Waals surface area contributed by atoms with Crippen molar-refractivity contribution in [1.29, 1.82) is 0 Å². The van der Waals surface area contributed by atoms with Crippen LogP contribution in [0.4, 0.5) is 0 Å². The van der Waals surface area contributed by atoms with Gasteiger partial charge in [0.05, 0.1) is 12.1 Å². The average Bonchev–Trinajstić information content (AvgIpc) is 2.94. The van der Waals surface area contributed by atoms with E-state index in [1.807, 2.05) is 19.1 Å². The molecule has 0 saturated carbocycles. The van der Waals surface area contributed by atoms with E-state index in [1.165, 1.54) is 6.92 Å². The van der Waals surface area contributed by atoms with Gasteiger partial charge in [0.15, 0.2) is 5.78 Å². The Morgan fingerprint density at radius 3 is 2.77 bits per heavy atom. The van der Waals surface area contributed by atoms with Crippen LogP contribution < -0.4 is 5.32 Å². The first-order chi connectivity index (χ1) is 12.3. The molecule has 1 aliphatic rings. The third-order valence-corrected chi connectivity index (χ3v) is 5.28. The smallest absolute Gasteiger partial charge is 0.268 e. The summed E-state index contributed by atoms with van der Waals surface area (Å²) in [6.45, 7) is 5.20. The molecule has 0 radical (unpaired) electrons. The summed E-state index contributed by atoms with van der Waals surface area (Å²) in [4.78, 5) is 27.9. The van der Waals surface area contributed by atoms with Crippen LogP contribution in [0, 0.1) is 6.92 Å². The summed E-state index contributed by atoms with van der Waals surface area (Å²) < 4.78 is 0. The predicted octanol–water partition coefficient (Wildman–Crippen LogP) is 3.52. The number of hydrogen-bond donors (Lipinski definition) is 3. The van der Waals surface area contributed by atoms with Gasteiger partial charge in [-0.2, -0.15) is 0 Å². The number of rotatable bonds is 4. The van der Waals surface area contributed by atoms with Gasteiger partial charge in [0, 0.05) is 16.3 Å². The minimum Gasteiger partial charge on any atom is -0.391 e. The van der Waals surface area contributed by atoms with Crippen molar-refractivity contribution in [3.05, 3.63) is 56.9 Å². The number of Topliss-reactive ketones (excluding diaryl/α,β-unsaturated/α-hetero) is 1. The maximum absolute atomic E-state index is 12.9. The molecule has 3 rings (SSSR count). The van der Waals surface area contributed by atoms with Crippen LogP contribution in [0.2, 0.25) is 5.02 Å².